The molecule has 0 radical (unpaired) electrons. The van der Waals surface area contributed by atoms with Crippen molar-refractivity contribution in [3.05, 3.63) is 294 Å². The number of carbonyl (C=O) groups excluding carboxylic acids is 7. The summed E-state index contributed by atoms with van der Waals surface area (Å²) < 4.78 is 35.7. The van der Waals surface area contributed by atoms with Crippen molar-refractivity contribution in [3.63, 3.8) is 0 Å². The Labute approximate surface area is 510 Å². The summed E-state index contributed by atoms with van der Waals surface area (Å²) in [6, 6.07) is 64.9. The van der Waals surface area contributed by atoms with Gasteiger partial charge in [0.25, 0.3) is 0 Å². The maximum atomic E-state index is 12.3. The summed E-state index contributed by atoms with van der Waals surface area (Å²) in [4.78, 5) is 83.2. The summed E-state index contributed by atoms with van der Waals surface area (Å²) in [5.41, 5.74) is 5.93. The lowest BCUT2D eigenvalue weighted by atomic mass is 10.2. The summed E-state index contributed by atoms with van der Waals surface area (Å²) in [6.07, 6.45) is 17.2. The largest absolute Gasteiger partial charge is 0.460 e. The third-order valence-corrected chi connectivity index (χ3v) is 11.3. The number of rotatable bonds is 27. The van der Waals surface area contributed by atoms with E-state index in [2.05, 4.69) is 0 Å². The zero-order valence-corrected chi connectivity index (χ0v) is 47.9. The molecule has 0 saturated heterocycles. The Morgan fingerprint density at radius 3 is 0.670 bits per heavy atom. The third-order valence-electron chi connectivity index (χ3n) is 11.3. The van der Waals surface area contributed by atoms with Crippen LogP contribution in [0.5, 0.6) is 0 Å². The second-order valence-electron chi connectivity index (χ2n) is 18.3. The van der Waals surface area contributed by atoms with E-state index in [1.54, 1.807) is 42.5 Å². The molecule has 0 spiro atoms. The smallest absolute Gasteiger partial charge is 0.331 e. The molecule has 1 atom stereocenters. The molecule has 0 fully saturated rings. The van der Waals surface area contributed by atoms with E-state index in [1.807, 2.05) is 212 Å². The molecule has 0 bridgehead atoms. The number of ether oxygens (including phenoxy) is 7. The van der Waals surface area contributed by atoms with Crippen molar-refractivity contribution in [2.24, 2.45) is 0 Å². The normalized spacial score (nSPS) is 11.5. The fourth-order valence-electron chi connectivity index (χ4n) is 6.92. The van der Waals surface area contributed by atoms with Crippen molar-refractivity contribution in [1.29, 1.82) is 0 Å². The lowest BCUT2D eigenvalue weighted by Crippen LogP contribution is -2.29. The van der Waals surface area contributed by atoms with Crippen LogP contribution in [-0.4, -0.2) is 110 Å². The fourth-order valence-corrected chi connectivity index (χ4v) is 6.92. The van der Waals surface area contributed by atoms with Gasteiger partial charge in [-0.2, -0.15) is 0 Å². The lowest BCUT2D eigenvalue weighted by Gasteiger charge is -2.16. The Morgan fingerprint density at radius 2 is 0.455 bits per heavy atom. The minimum atomic E-state index is -1.09. The molecule has 0 aliphatic carbocycles. The Morgan fingerprint density at radius 1 is 0.273 bits per heavy atom. The number of esters is 7. The van der Waals surface area contributed by atoms with E-state index in [9.17, 15) is 43.8 Å². The first-order chi connectivity index (χ1) is 42.9. The van der Waals surface area contributed by atoms with Crippen LogP contribution in [0.1, 0.15) is 38.9 Å². The highest BCUT2D eigenvalue weighted by molar-refractivity contribution is 5.90. The molecule has 0 aliphatic heterocycles. The second kappa shape index (κ2) is 41.0. The number of aliphatic hydroxyl groups is 2. The number of hydrogen-bond donors (Lipinski definition) is 2. The second-order valence-corrected chi connectivity index (χ2v) is 18.3. The minimum absolute atomic E-state index is 0.223. The van der Waals surface area contributed by atoms with E-state index in [0.29, 0.717) is 0 Å². The third kappa shape index (κ3) is 31.0. The van der Waals surface area contributed by atoms with Crippen LogP contribution in [0.2, 0.25) is 0 Å². The number of benzene rings is 7. The van der Waals surface area contributed by atoms with Crippen LogP contribution in [0.15, 0.2) is 255 Å². The van der Waals surface area contributed by atoms with Crippen LogP contribution >= 0.6 is 0 Å². The molecule has 7 aromatic rings. The maximum absolute atomic E-state index is 12.3. The Bertz CT molecular complexity index is 3290. The van der Waals surface area contributed by atoms with Crippen molar-refractivity contribution in [2.45, 2.75) is 18.3 Å². The van der Waals surface area contributed by atoms with Crippen molar-refractivity contribution in [2.75, 3.05) is 39.6 Å². The molecule has 0 aromatic heterocycles. The molecule has 16 nitrogen and oxygen atoms in total. The highest BCUT2D eigenvalue weighted by Gasteiger charge is 2.18. The summed E-state index contributed by atoms with van der Waals surface area (Å²) in [7, 11) is 0. The van der Waals surface area contributed by atoms with E-state index >= 15 is 0 Å². The SMILES string of the molecule is O=C(/C=C/c1ccccc1)OCC(CO)OC(=O)/C=C/c1ccccc1.O=C(/C=C/c1ccccc1)OCC(COC(=O)/C=C/c1ccccc1)OC(=O)/C=C/c1ccccc1.O=C(/C=C/c1ccccc1)OCC(O)COC(=O)/C=C/c1ccccc1. The quantitative estimate of drug-likeness (QED) is 0.0277. The molecule has 7 aromatic carbocycles. The van der Waals surface area contributed by atoms with Crippen LogP contribution in [0.3, 0.4) is 0 Å². The molecule has 7 rings (SSSR count). The predicted molar refractivity (Wildman–Crippen MR) is 336 cm³/mol. The number of carbonyl (C=O) groups is 7. The van der Waals surface area contributed by atoms with Crippen molar-refractivity contribution < 1.29 is 76.9 Å². The van der Waals surface area contributed by atoms with E-state index < -0.39 is 66.7 Å². The van der Waals surface area contributed by atoms with Crippen LogP contribution < -0.4 is 0 Å². The Kier molecular flexibility index (Phi) is 31.6. The monoisotopic (exact) mass is 1190 g/mol. The summed E-state index contributed by atoms with van der Waals surface area (Å²) in [5.74, 6) is -4.25. The zero-order chi connectivity index (χ0) is 62.7. The summed E-state index contributed by atoms with van der Waals surface area (Å²) >= 11 is 0. The molecule has 0 heterocycles. The highest BCUT2D eigenvalue weighted by atomic mass is 16.6. The van der Waals surface area contributed by atoms with Gasteiger partial charge in [0.2, 0.25) is 0 Å². The van der Waals surface area contributed by atoms with Gasteiger partial charge in [-0.15, -0.1) is 0 Å². The molecule has 2 N–H and O–H groups in total. The predicted octanol–water partition coefficient (Wildman–Crippen LogP) is 10.8. The van der Waals surface area contributed by atoms with Crippen LogP contribution in [0.25, 0.3) is 42.5 Å². The first-order valence-electron chi connectivity index (χ1n) is 27.5. The molecule has 88 heavy (non-hydrogen) atoms. The van der Waals surface area contributed by atoms with E-state index in [0.717, 1.165) is 38.9 Å². The van der Waals surface area contributed by atoms with Gasteiger partial charge in [-0.05, 0) is 81.5 Å². The fraction of sp³-hybridized carbons (Fsp3) is 0.125. The van der Waals surface area contributed by atoms with Crippen molar-refractivity contribution in [1.82, 2.24) is 0 Å². The maximum Gasteiger partial charge on any atom is 0.331 e. The average Bonchev–Trinajstić information content (AvgIpc) is 3.61. The van der Waals surface area contributed by atoms with Gasteiger partial charge >= 0.3 is 41.8 Å². The van der Waals surface area contributed by atoms with E-state index in [4.69, 9.17) is 33.2 Å². The first kappa shape index (κ1) is 67.7. The molecule has 0 aliphatic rings. The molecular formula is C72H66O16. The Hall–Kier alpha value is -11.1. The lowest BCUT2D eigenvalue weighted by molar-refractivity contribution is -0.160. The molecule has 16 heteroatoms. The summed E-state index contributed by atoms with van der Waals surface area (Å²) in [5, 5.41) is 19.0. The van der Waals surface area contributed by atoms with Gasteiger partial charge in [0.15, 0.2) is 12.2 Å². The van der Waals surface area contributed by atoms with E-state index in [1.165, 1.54) is 42.5 Å². The van der Waals surface area contributed by atoms with Crippen LogP contribution in [-0.2, 0) is 66.7 Å². The minimum Gasteiger partial charge on any atom is -0.460 e. The standard InChI is InChI=1S/C30H26O6.2C21H20O5/c31-28(19-16-24-10-4-1-5-11-24)34-22-27(36-30(33)21-18-26-14-8-3-9-15-26)23-35-29(32)20-17-25-12-6-2-7-13-25;22-19(15-25-20(23)13-11-17-7-3-1-4-8-17)16-26-21(24)14-12-18-9-5-2-6-10-18;22-15-19(26-21(24)14-12-18-9-5-2-6-10-18)16-25-20(23)13-11-17-7-3-1-4-8-17/h1-21,27H,22-23H2;2*1-14,19,22H,15-16H2/b19-16+,20-17+,21-18+;2*13-11+,14-12+. The molecular weight excluding hydrogens is 1120 g/mol. The molecule has 0 saturated carbocycles. The topological polar surface area (TPSA) is 225 Å². The summed E-state index contributed by atoms with van der Waals surface area (Å²) in [6.45, 7) is -1.74. The van der Waals surface area contributed by atoms with E-state index in [-0.39, 0.29) is 33.0 Å². The van der Waals surface area contributed by atoms with Gasteiger partial charge in [0.1, 0.15) is 39.1 Å². The molecule has 450 valence electrons. The van der Waals surface area contributed by atoms with Crippen molar-refractivity contribution in [3.8, 4) is 0 Å². The molecule has 0 amide bonds. The van der Waals surface area contributed by atoms with Gasteiger partial charge < -0.3 is 43.4 Å². The number of hydrogen-bond acceptors (Lipinski definition) is 16. The Balaban J connectivity index is 0.000000246. The number of aliphatic hydroxyl groups excluding tert-OH is 2. The van der Waals surface area contributed by atoms with Gasteiger partial charge in [-0.1, -0.05) is 212 Å². The zero-order valence-electron chi connectivity index (χ0n) is 47.9. The van der Waals surface area contributed by atoms with Crippen LogP contribution in [0, 0.1) is 0 Å². The van der Waals surface area contributed by atoms with Gasteiger partial charge in [-0.3, -0.25) is 0 Å². The van der Waals surface area contributed by atoms with Gasteiger partial charge in [0.05, 0.1) is 6.61 Å². The first-order valence-corrected chi connectivity index (χ1v) is 27.5. The average molecular weight is 1190 g/mol. The van der Waals surface area contributed by atoms with Gasteiger partial charge in [-0.25, -0.2) is 33.6 Å². The highest BCUT2D eigenvalue weighted by Crippen LogP contribution is 2.09. The van der Waals surface area contributed by atoms with Crippen molar-refractivity contribution >= 4 is 84.3 Å². The van der Waals surface area contributed by atoms with Gasteiger partial charge in [0, 0.05) is 42.5 Å². The van der Waals surface area contributed by atoms with Crippen LogP contribution in [0.4, 0.5) is 0 Å². The molecule has 1 unspecified atom stereocenters.